The Morgan fingerprint density at radius 3 is 1.33 bits per heavy atom. The van der Waals surface area contributed by atoms with Crippen molar-refractivity contribution in [3.8, 4) is 0 Å². The highest BCUT2D eigenvalue weighted by Gasteiger charge is 2.83. The molecule has 5 rings (SSSR count). The average molecular weight is 162 g/mol. The molecule has 66 valence electrons. The summed E-state index contributed by atoms with van der Waals surface area (Å²) in [5, 5.41) is 0. The average Bonchev–Trinajstić information content (AvgIpc) is 2.13. The summed E-state index contributed by atoms with van der Waals surface area (Å²) in [5.74, 6) is 0. The maximum Gasteiger partial charge on any atom is -0.0224 e. The quantitative estimate of drug-likeness (QED) is 0.512. The minimum Gasteiger partial charge on any atom is -0.0596 e. The zero-order valence-corrected chi connectivity index (χ0v) is 8.24. The molecule has 5 saturated carbocycles. The van der Waals surface area contributed by atoms with Gasteiger partial charge in [0.05, 0.1) is 0 Å². The van der Waals surface area contributed by atoms with Crippen molar-refractivity contribution in [1.82, 2.24) is 0 Å². The monoisotopic (exact) mass is 162 g/mol. The van der Waals surface area contributed by atoms with E-state index in [1.165, 1.54) is 0 Å². The van der Waals surface area contributed by atoms with Crippen LogP contribution >= 0.6 is 0 Å². The molecule has 0 saturated heterocycles. The molecular formula is C12H18. The highest BCUT2D eigenvalue weighted by atomic mass is 14.9. The van der Waals surface area contributed by atoms with Crippen LogP contribution in [0.15, 0.2) is 0 Å². The van der Waals surface area contributed by atoms with Crippen LogP contribution in [-0.2, 0) is 0 Å². The Bertz CT molecular complexity index is 235. The lowest BCUT2D eigenvalue weighted by atomic mass is 9.58. The molecular weight excluding hydrogens is 144 g/mol. The highest BCUT2D eigenvalue weighted by Crippen LogP contribution is 2.92. The summed E-state index contributed by atoms with van der Waals surface area (Å²) >= 11 is 0. The first-order valence-electron chi connectivity index (χ1n) is 5.49. The third kappa shape index (κ3) is 0.438. The molecule has 0 aromatic heterocycles. The van der Waals surface area contributed by atoms with Crippen LogP contribution in [0, 0.1) is 21.7 Å². The predicted octanol–water partition coefficient (Wildman–Crippen LogP) is 3.37. The van der Waals surface area contributed by atoms with Gasteiger partial charge in [0.1, 0.15) is 0 Å². The number of hydrogen-bond donors (Lipinski definition) is 0. The molecule has 0 unspecified atom stereocenters. The molecule has 0 aliphatic heterocycles. The van der Waals surface area contributed by atoms with Gasteiger partial charge in [-0.05, 0) is 60.2 Å². The van der Waals surface area contributed by atoms with Crippen molar-refractivity contribution in [2.75, 3.05) is 0 Å². The number of hydrogen-bond acceptors (Lipinski definition) is 0. The minimum atomic E-state index is 0.781. The van der Waals surface area contributed by atoms with Crippen LogP contribution in [0.3, 0.4) is 0 Å². The summed E-state index contributed by atoms with van der Waals surface area (Å²) in [4.78, 5) is 0. The smallest absolute Gasteiger partial charge is 0.0224 e. The first-order valence-corrected chi connectivity index (χ1v) is 5.49. The normalized spacial score (nSPS) is 76.5. The SMILES string of the molecule is CC12CC3(C)CC4(C1)CC4(C2)C3. The topological polar surface area (TPSA) is 0 Å². The van der Waals surface area contributed by atoms with E-state index in [9.17, 15) is 0 Å². The summed E-state index contributed by atoms with van der Waals surface area (Å²) in [5.41, 5.74) is 3.36. The largest absolute Gasteiger partial charge is 0.0596 e. The van der Waals surface area contributed by atoms with Gasteiger partial charge in [-0.25, -0.2) is 0 Å². The van der Waals surface area contributed by atoms with Crippen LogP contribution in [0.1, 0.15) is 52.4 Å². The molecule has 0 aromatic carbocycles. The maximum absolute atomic E-state index is 2.55. The molecule has 12 heavy (non-hydrogen) atoms. The molecule has 0 N–H and O–H groups in total. The van der Waals surface area contributed by atoms with Gasteiger partial charge in [-0.15, -0.1) is 0 Å². The summed E-state index contributed by atoms with van der Waals surface area (Å²) < 4.78 is 0. The Morgan fingerprint density at radius 2 is 1.00 bits per heavy atom. The van der Waals surface area contributed by atoms with Gasteiger partial charge in [-0.2, -0.15) is 0 Å². The fourth-order valence-corrected chi connectivity index (χ4v) is 6.40. The van der Waals surface area contributed by atoms with Gasteiger partial charge < -0.3 is 0 Å². The second-order valence-corrected chi connectivity index (χ2v) is 7.24. The van der Waals surface area contributed by atoms with E-state index in [-0.39, 0.29) is 0 Å². The van der Waals surface area contributed by atoms with E-state index in [1.54, 1.807) is 38.5 Å². The van der Waals surface area contributed by atoms with Gasteiger partial charge in [-0.1, -0.05) is 13.8 Å². The molecule has 0 heteroatoms. The lowest BCUT2D eigenvalue weighted by Crippen LogP contribution is -2.36. The molecule has 2 spiro atoms. The van der Waals surface area contributed by atoms with Crippen LogP contribution in [0.4, 0.5) is 0 Å². The Hall–Kier alpha value is 0. The molecule has 5 fully saturated rings. The molecule has 0 amide bonds. The van der Waals surface area contributed by atoms with Crippen molar-refractivity contribution in [2.45, 2.75) is 52.4 Å². The molecule has 0 aromatic rings. The van der Waals surface area contributed by atoms with Gasteiger partial charge in [0.2, 0.25) is 0 Å². The lowest BCUT2D eigenvalue weighted by molar-refractivity contribution is 0.0379. The van der Waals surface area contributed by atoms with E-state index in [2.05, 4.69) is 13.8 Å². The molecule has 0 heterocycles. The Labute approximate surface area is 74.7 Å². The lowest BCUT2D eigenvalue weighted by Gasteiger charge is -2.47. The molecule has 0 nitrogen and oxygen atoms in total. The fourth-order valence-electron chi connectivity index (χ4n) is 6.40. The van der Waals surface area contributed by atoms with Crippen molar-refractivity contribution in [1.29, 1.82) is 0 Å². The summed E-state index contributed by atoms with van der Waals surface area (Å²) in [6.45, 7) is 5.11. The van der Waals surface area contributed by atoms with E-state index < -0.39 is 0 Å². The Morgan fingerprint density at radius 1 is 0.583 bits per heavy atom. The van der Waals surface area contributed by atoms with E-state index >= 15 is 0 Å². The van der Waals surface area contributed by atoms with Gasteiger partial charge in [0, 0.05) is 0 Å². The Kier molecular flexibility index (Phi) is 0.657. The number of rotatable bonds is 0. The first kappa shape index (κ1) is 6.45. The van der Waals surface area contributed by atoms with Gasteiger partial charge in [-0.3, -0.25) is 0 Å². The summed E-state index contributed by atoms with van der Waals surface area (Å²) in [7, 11) is 0. The maximum atomic E-state index is 2.55. The van der Waals surface area contributed by atoms with Crippen LogP contribution < -0.4 is 0 Å². The zero-order valence-electron chi connectivity index (χ0n) is 8.24. The Balaban J connectivity index is 1.93. The molecule has 0 radical (unpaired) electrons. The fraction of sp³-hybridized carbons (Fsp3) is 1.00. The van der Waals surface area contributed by atoms with Crippen LogP contribution in [0.5, 0.6) is 0 Å². The van der Waals surface area contributed by atoms with E-state index in [0.29, 0.717) is 0 Å². The molecule has 0 atom stereocenters. The van der Waals surface area contributed by atoms with Crippen LogP contribution in [0.25, 0.3) is 0 Å². The van der Waals surface area contributed by atoms with E-state index in [1.807, 2.05) is 0 Å². The summed E-state index contributed by atoms with van der Waals surface area (Å²) in [6.07, 6.45) is 9.53. The predicted molar refractivity (Wildman–Crippen MR) is 48.8 cm³/mol. The zero-order chi connectivity index (χ0) is 8.24. The first-order chi connectivity index (χ1) is 5.49. The third-order valence-electron chi connectivity index (χ3n) is 5.59. The van der Waals surface area contributed by atoms with Crippen LogP contribution in [0.2, 0.25) is 0 Å². The van der Waals surface area contributed by atoms with Crippen molar-refractivity contribution in [3.05, 3.63) is 0 Å². The summed E-state index contributed by atoms with van der Waals surface area (Å²) in [6, 6.07) is 0. The van der Waals surface area contributed by atoms with Crippen molar-refractivity contribution >= 4 is 0 Å². The second-order valence-electron chi connectivity index (χ2n) is 7.24. The minimum absolute atomic E-state index is 0.781. The molecule has 5 aliphatic rings. The van der Waals surface area contributed by atoms with Gasteiger partial charge >= 0.3 is 0 Å². The van der Waals surface area contributed by atoms with E-state index in [0.717, 1.165) is 21.7 Å². The highest BCUT2D eigenvalue weighted by molar-refractivity contribution is 5.32. The van der Waals surface area contributed by atoms with Crippen molar-refractivity contribution < 1.29 is 0 Å². The standard InChI is InChI=1S/C12H18/c1-9-3-10(2)6-11(4-9)8-12(11,5-9)7-10/h3-8H2,1-2H3. The van der Waals surface area contributed by atoms with Crippen LogP contribution in [-0.4, -0.2) is 0 Å². The van der Waals surface area contributed by atoms with Crippen molar-refractivity contribution in [2.24, 2.45) is 21.7 Å². The molecule has 5 aliphatic carbocycles. The van der Waals surface area contributed by atoms with Gasteiger partial charge in [0.25, 0.3) is 0 Å². The van der Waals surface area contributed by atoms with Crippen molar-refractivity contribution in [3.63, 3.8) is 0 Å². The molecule has 4 bridgehead atoms. The second kappa shape index (κ2) is 1.22. The van der Waals surface area contributed by atoms with E-state index in [4.69, 9.17) is 0 Å². The third-order valence-corrected chi connectivity index (χ3v) is 5.59. The van der Waals surface area contributed by atoms with Gasteiger partial charge in [0.15, 0.2) is 0 Å².